The zero-order valence-electron chi connectivity index (χ0n) is 12.3. The molecule has 0 bridgehead atoms. The van der Waals surface area contributed by atoms with Crippen molar-refractivity contribution >= 4 is 7.25 Å². The molecular weight excluding hydrogens is 269 g/mol. The first-order valence-electron chi connectivity index (χ1n) is 7.16. The lowest BCUT2D eigenvalue weighted by atomic mass is 10.1. The highest BCUT2D eigenvalue weighted by atomic mass is 19.5. The van der Waals surface area contributed by atoms with E-state index < -0.39 is 7.25 Å². The van der Waals surface area contributed by atoms with Crippen LogP contribution in [0.15, 0.2) is 24.5 Å². The normalized spacial score (nSPS) is 10.9. The number of rotatable bonds is 7. The van der Waals surface area contributed by atoms with E-state index in [4.69, 9.17) is 0 Å². The molecule has 0 aromatic carbocycles. The predicted molar refractivity (Wildman–Crippen MR) is 74.9 cm³/mol. The molecule has 0 amide bonds. The highest BCUT2D eigenvalue weighted by Gasteiger charge is 2.20. The average molecular weight is 293 g/mol. The van der Waals surface area contributed by atoms with Gasteiger partial charge < -0.3 is 17.3 Å². The lowest BCUT2D eigenvalue weighted by molar-refractivity contribution is -0.697. The summed E-state index contributed by atoms with van der Waals surface area (Å²) in [4.78, 5) is 0. The van der Waals surface area contributed by atoms with Gasteiger partial charge in [-0.15, -0.1) is 0 Å². The van der Waals surface area contributed by atoms with Crippen molar-refractivity contribution in [2.24, 2.45) is 0 Å². The molecule has 0 unspecified atom stereocenters. The van der Waals surface area contributed by atoms with E-state index in [2.05, 4.69) is 42.9 Å². The first kappa shape index (κ1) is 18.9. The van der Waals surface area contributed by atoms with Gasteiger partial charge in [-0.3, -0.25) is 0 Å². The molecule has 0 aliphatic rings. The maximum Gasteiger partial charge on any atom is 0.673 e. The van der Waals surface area contributed by atoms with Crippen molar-refractivity contribution in [3.05, 3.63) is 30.1 Å². The Labute approximate surface area is 119 Å². The third-order valence-electron chi connectivity index (χ3n) is 2.83. The zero-order valence-corrected chi connectivity index (χ0v) is 12.3. The predicted octanol–water partition coefficient (Wildman–Crippen LogP) is 4.94. The fourth-order valence-electron chi connectivity index (χ4n) is 1.76. The second-order valence-corrected chi connectivity index (χ2v) is 4.88. The van der Waals surface area contributed by atoms with E-state index in [1.807, 2.05) is 0 Å². The standard InChI is InChI=1S/C14H24N.BF4/c1-3-4-5-6-7-8-11-15-12-9-14(2)10-13-15;2-1(3,4)5/h9-10,12-13H,3-8,11H2,1-2H3;/q+1;-1. The number of hydrogen-bond acceptors (Lipinski definition) is 0. The summed E-state index contributed by atoms with van der Waals surface area (Å²) in [7, 11) is -6.00. The summed E-state index contributed by atoms with van der Waals surface area (Å²) in [5.41, 5.74) is 1.34. The van der Waals surface area contributed by atoms with E-state index >= 15 is 0 Å². The van der Waals surface area contributed by atoms with E-state index in [-0.39, 0.29) is 0 Å². The summed E-state index contributed by atoms with van der Waals surface area (Å²) >= 11 is 0. The van der Waals surface area contributed by atoms with Gasteiger partial charge in [0.15, 0.2) is 12.4 Å². The van der Waals surface area contributed by atoms with Crippen LogP contribution in [0.2, 0.25) is 0 Å². The van der Waals surface area contributed by atoms with Crippen molar-refractivity contribution in [1.29, 1.82) is 0 Å². The lowest BCUT2D eigenvalue weighted by Crippen LogP contribution is -2.32. The van der Waals surface area contributed by atoms with E-state index in [1.54, 1.807) is 0 Å². The van der Waals surface area contributed by atoms with Crippen molar-refractivity contribution in [2.75, 3.05) is 0 Å². The van der Waals surface area contributed by atoms with Crippen molar-refractivity contribution < 1.29 is 21.8 Å². The van der Waals surface area contributed by atoms with Gasteiger partial charge in [-0.05, 0) is 18.9 Å². The molecule has 1 aromatic heterocycles. The first-order chi connectivity index (χ1) is 9.33. The lowest BCUT2D eigenvalue weighted by Gasteiger charge is -1.99. The summed E-state index contributed by atoms with van der Waals surface area (Å²) in [5, 5.41) is 0. The molecule has 1 aromatic rings. The monoisotopic (exact) mass is 293 g/mol. The van der Waals surface area contributed by atoms with E-state index in [0.717, 1.165) is 0 Å². The summed E-state index contributed by atoms with van der Waals surface area (Å²) in [5.74, 6) is 0. The maximum atomic E-state index is 9.75. The van der Waals surface area contributed by atoms with Crippen LogP contribution in [-0.4, -0.2) is 7.25 Å². The molecular formula is C14H24BF4N. The van der Waals surface area contributed by atoms with Crippen LogP contribution in [0.1, 0.15) is 51.0 Å². The van der Waals surface area contributed by atoms with Gasteiger partial charge in [0, 0.05) is 18.6 Å². The summed E-state index contributed by atoms with van der Waals surface area (Å²) < 4.78 is 41.3. The largest absolute Gasteiger partial charge is 0.673 e. The van der Waals surface area contributed by atoms with Crippen molar-refractivity contribution in [3.8, 4) is 0 Å². The Hall–Kier alpha value is -1.07. The Kier molecular flexibility index (Phi) is 10.1. The Morgan fingerprint density at radius 2 is 1.35 bits per heavy atom. The number of halogens is 4. The third-order valence-corrected chi connectivity index (χ3v) is 2.83. The SMILES string of the molecule is CCCCCCCC[n+]1ccc(C)cc1.F[B-](F)(F)F. The van der Waals surface area contributed by atoms with Gasteiger partial charge in [0.2, 0.25) is 0 Å². The van der Waals surface area contributed by atoms with Crippen LogP contribution in [0.25, 0.3) is 0 Å². The second kappa shape index (κ2) is 10.7. The first-order valence-corrected chi connectivity index (χ1v) is 7.16. The molecule has 0 atom stereocenters. The van der Waals surface area contributed by atoms with Crippen molar-refractivity contribution in [3.63, 3.8) is 0 Å². The zero-order chi connectivity index (χ0) is 15.4. The topological polar surface area (TPSA) is 3.88 Å². The van der Waals surface area contributed by atoms with Crippen molar-refractivity contribution in [2.45, 2.75) is 58.9 Å². The number of nitrogens with zero attached hydrogens (tertiary/aromatic N) is 1. The molecule has 0 spiro atoms. The van der Waals surface area contributed by atoms with Crippen LogP contribution >= 0.6 is 0 Å². The molecule has 0 radical (unpaired) electrons. The minimum absolute atomic E-state index is 1.17. The molecule has 1 rings (SSSR count). The quantitative estimate of drug-likeness (QED) is 0.290. The Bertz CT molecular complexity index is 332. The highest BCUT2D eigenvalue weighted by Crippen LogP contribution is 2.06. The number of unbranched alkanes of at least 4 members (excludes halogenated alkanes) is 5. The van der Waals surface area contributed by atoms with E-state index in [0.29, 0.717) is 0 Å². The molecule has 116 valence electrons. The molecule has 1 heterocycles. The summed E-state index contributed by atoms with van der Waals surface area (Å²) in [6, 6.07) is 4.36. The maximum absolute atomic E-state index is 9.75. The van der Waals surface area contributed by atoms with Gasteiger partial charge in [-0.1, -0.05) is 32.6 Å². The van der Waals surface area contributed by atoms with Crippen LogP contribution in [0, 0.1) is 6.92 Å². The van der Waals surface area contributed by atoms with Gasteiger partial charge in [0.1, 0.15) is 6.54 Å². The number of aromatic nitrogens is 1. The number of pyridine rings is 1. The molecule has 0 fully saturated rings. The van der Waals surface area contributed by atoms with Gasteiger partial charge in [-0.25, -0.2) is 4.57 Å². The summed E-state index contributed by atoms with van der Waals surface area (Å²) in [6.45, 7) is 5.57. The fourth-order valence-corrected chi connectivity index (χ4v) is 1.76. The molecule has 0 aliphatic heterocycles. The smallest absolute Gasteiger partial charge is 0.418 e. The van der Waals surface area contributed by atoms with Gasteiger partial charge in [-0.2, -0.15) is 0 Å². The fraction of sp³-hybridized carbons (Fsp3) is 0.643. The average Bonchev–Trinajstić information content (AvgIpc) is 2.34. The number of hydrogen-bond donors (Lipinski definition) is 0. The molecule has 0 saturated heterocycles. The number of aryl methyl sites for hydroxylation is 2. The van der Waals surface area contributed by atoms with E-state index in [1.165, 1.54) is 50.6 Å². The Morgan fingerprint density at radius 3 is 1.85 bits per heavy atom. The van der Waals surface area contributed by atoms with Gasteiger partial charge in [0.05, 0.1) is 0 Å². The molecule has 20 heavy (non-hydrogen) atoms. The second-order valence-electron chi connectivity index (χ2n) is 4.88. The van der Waals surface area contributed by atoms with Gasteiger partial charge in [0.25, 0.3) is 0 Å². The molecule has 6 heteroatoms. The minimum atomic E-state index is -6.00. The van der Waals surface area contributed by atoms with Gasteiger partial charge >= 0.3 is 7.25 Å². The Balaban J connectivity index is 0.000000621. The molecule has 0 aliphatic carbocycles. The molecule has 0 saturated carbocycles. The molecule has 1 nitrogen and oxygen atoms in total. The van der Waals surface area contributed by atoms with E-state index in [9.17, 15) is 17.3 Å². The van der Waals surface area contributed by atoms with Crippen molar-refractivity contribution in [1.82, 2.24) is 0 Å². The highest BCUT2D eigenvalue weighted by molar-refractivity contribution is 6.50. The third kappa shape index (κ3) is 15.0. The van der Waals surface area contributed by atoms with Crippen LogP contribution in [0.3, 0.4) is 0 Å². The Morgan fingerprint density at radius 1 is 0.900 bits per heavy atom. The summed E-state index contributed by atoms with van der Waals surface area (Å²) in [6.07, 6.45) is 12.6. The minimum Gasteiger partial charge on any atom is -0.418 e. The van der Waals surface area contributed by atoms with Crippen LogP contribution < -0.4 is 4.57 Å². The van der Waals surface area contributed by atoms with Crippen LogP contribution in [0.5, 0.6) is 0 Å². The van der Waals surface area contributed by atoms with Crippen LogP contribution in [0.4, 0.5) is 17.3 Å². The molecule has 0 N–H and O–H groups in total. The van der Waals surface area contributed by atoms with Crippen LogP contribution in [-0.2, 0) is 6.54 Å².